The van der Waals surface area contributed by atoms with Gasteiger partial charge in [0.25, 0.3) is 0 Å². The van der Waals surface area contributed by atoms with Crippen LogP contribution in [0.15, 0.2) is 42.5 Å². The van der Waals surface area contributed by atoms with Crippen LogP contribution in [0.5, 0.6) is 0 Å². The minimum atomic E-state index is -0.962. The van der Waals surface area contributed by atoms with Crippen LogP contribution in [0, 0.1) is 0 Å². The molecule has 0 aliphatic carbocycles. The fourth-order valence-electron chi connectivity index (χ4n) is 5.82. The quantitative estimate of drug-likeness (QED) is 0.850. The zero-order valence-corrected chi connectivity index (χ0v) is 17.1. The van der Waals surface area contributed by atoms with Crippen molar-refractivity contribution < 1.29 is 9.50 Å². The number of piperidine rings is 2. The summed E-state index contributed by atoms with van der Waals surface area (Å²) in [7, 11) is 0. The molecule has 3 aliphatic heterocycles. The average molecular weight is 396 g/mol. The van der Waals surface area contributed by atoms with Crippen LogP contribution in [-0.4, -0.2) is 46.7 Å². The van der Waals surface area contributed by atoms with Gasteiger partial charge < -0.3 is 10.0 Å². The maximum atomic E-state index is 13.4. The first kappa shape index (κ1) is 19.0. The fraction of sp³-hybridized carbons (Fsp3) is 0.542. The second kappa shape index (κ2) is 7.37. The number of halogens is 1. The lowest BCUT2D eigenvalue weighted by atomic mass is 9.79. The van der Waals surface area contributed by atoms with Gasteiger partial charge in [-0.25, -0.2) is 4.39 Å². The maximum absolute atomic E-state index is 13.4. The van der Waals surface area contributed by atoms with Crippen molar-refractivity contribution in [3.05, 3.63) is 59.4 Å². The molecule has 3 aliphatic rings. The molecular weight excluding hydrogens is 365 g/mol. The van der Waals surface area contributed by atoms with E-state index in [1.165, 1.54) is 19.3 Å². The van der Waals surface area contributed by atoms with Crippen molar-refractivity contribution >= 4 is 5.69 Å². The fourth-order valence-corrected chi connectivity index (χ4v) is 5.82. The van der Waals surface area contributed by atoms with Crippen LogP contribution in [0.3, 0.4) is 0 Å². The van der Waals surface area contributed by atoms with Crippen LogP contribution in [0.25, 0.3) is 0 Å². The number of aliphatic hydroxyl groups is 1. The average Bonchev–Trinajstić information content (AvgIpc) is 3.07. The SMILES string of the molecule is CC(O)(CN1c2ccc(CF)nc2C2C3CCCCN3CCC21)c1ccccc1. The van der Waals surface area contributed by atoms with Crippen LogP contribution in [0.1, 0.15) is 55.5 Å². The van der Waals surface area contributed by atoms with E-state index in [4.69, 9.17) is 4.98 Å². The van der Waals surface area contributed by atoms with Gasteiger partial charge in [0.2, 0.25) is 0 Å². The Morgan fingerprint density at radius 3 is 2.69 bits per heavy atom. The summed E-state index contributed by atoms with van der Waals surface area (Å²) in [5.74, 6) is 0.303. The Hall–Kier alpha value is -1.98. The number of benzene rings is 1. The number of fused-ring (bicyclic) bond motifs is 5. The number of nitrogens with zero attached hydrogens (tertiary/aromatic N) is 3. The number of alkyl halides is 1. The largest absolute Gasteiger partial charge is 0.384 e. The molecule has 4 nitrogen and oxygen atoms in total. The number of anilines is 1. The third-order valence-corrected chi connectivity index (χ3v) is 7.20. The van der Waals surface area contributed by atoms with Crippen LogP contribution in [0.4, 0.5) is 10.1 Å². The van der Waals surface area contributed by atoms with Crippen molar-refractivity contribution in [3.8, 4) is 0 Å². The lowest BCUT2D eigenvalue weighted by Gasteiger charge is -2.48. The van der Waals surface area contributed by atoms with E-state index in [9.17, 15) is 9.50 Å². The number of aromatic nitrogens is 1. The minimum Gasteiger partial charge on any atom is -0.384 e. The second-order valence-electron chi connectivity index (χ2n) is 9.09. The molecule has 0 bridgehead atoms. The predicted octanol–water partition coefficient (Wildman–Crippen LogP) is 3.99. The highest BCUT2D eigenvalue weighted by Crippen LogP contribution is 2.49. The first-order chi connectivity index (χ1) is 14.1. The molecule has 1 aromatic carbocycles. The summed E-state index contributed by atoms with van der Waals surface area (Å²) in [6, 6.07) is 14.5. The topological polar surface area (TPSA) is 39.6 Å². The van der Waals surface area contributed by atoms with Crippen molar-refractivity contribution in [2.75, 3.05) is 24.5 Å². The number of pyridine rings is 1. The molecular formula is C24H30FN3O. The molecule has 1 aromatic heterocycles. The van der Waals surface area contributed by atoms with Gasteiger partial charge in [0.15, 0.2) is 0 Å². The third kappa shape index (κ3) is 3.24. The van der Waals surface area contributed by atoms with Crippen LogP contribution < -0.4 is 4.90 Å². The van der Waals surface area contributed by atoms with Crippen molar-refractivity contribution in [1.82, 2.24) is 9.88 Å². The molecule has 4 heterocycles. The van der Waals surface area contributed by atoms with Crippen molar-refractivity contribution in [2.24, 2.45) is 0 Å². The minimum absolute atomic E-state index is 0.303. The second-order valence-corrected chi connectivity index (χ2v) is 9.09. The van der Waals surface area contributed by atoms with Crippen LogP contribution in [0.2, 0.25) is 0 Å². The summed E-state index contributed by atoms with van der Waals surface area (Å²) in [5.41, 5.74) is 2.61. The van der Waals surface area contributed by atoms with E-state index in [1.807, 2.05) is 43.3 Å². The first-order valence-electron chi connectivity index (χ1n) is 10.9. The van der Waals surface area contributed by atoms with Gasteiger partial charge in [0.05, 0.1) is 23.6 Å². The molecule has 5 heteroatoms. The molecule has 5 rings (SSSR count). The Morgan fingerprint density at radius 2 is 1.90 bits per heavy atom. The van der Waals surface area contributed by atoms with Crippen molar-refractivity contribution in [1.29, 1.82) is 0 Å². The van der Waals surface area contributed by atoms with E-state index in [-0.39, 0.29) is 0 Å². The highest BCUT2D eigenvalue weighted by atomic mass is 19.1. The molecule has 0 radical (unpaired) electrons. The highest BCUT2D eigenvalue weighted by Gasteiger charge is 2.50. The Labute approximate surface area is 172 Å². The third-order valence-electron chi connectivity index (χ3n) is 7.20. The Morgan fingerprint density at radius 1 is 1.07 bits per heavy atom. The lowest BCUT2D eigenvalue weighted by Crippen LogP contribution is -2.55. The molecule has 2 saturated heterocycles. The monoisotopic (exact) mass is 395 g/mol. The number of hydrogen-bond acceptors (Lipinski definition) is 4. The Bertz CT molecular complexity index is 872. The van der Waals surface area contributed by atoms with Gasteiger partial charge in [-0.3, -0.25) is 9.88 Å². The number of hydrogen-bond donors (Lipinski definition) is 1. The zero-order chi connectivity index (χ0) is 20.0. The Kier molecular flexibility index (Phi) is 4.83. The summed E-state index contributed by atoms with van der Waals surface area (Å²) >= 11 is 0. The molecule has 2 aromatic rings. The van der Waals surface area contributed by atoms with E-state index < -0.39 is 12.3 Å². The summed E-state index contributed by atoms with van der Waals surface area (Å²) in [6.45, 7) is 4.15. The number of β-amino-alcohol motifs (C(OH)–C–C–N with tert-alkyl or cyclic N) is 1. The van der Waals surface area contributed by atoms with E-state index in [1.54, 1.807) is 6.07 Å². The number of rotatable bonds is 4. The van der Waals surface area contributed by atoms with Gasteiger partial charge in [-0.1, -0.05) is 36.8 Å². The molecule has 29 heavy (non-hydrogen) atoms. The van der Waals surface area contributed by atoms with Crippen molar-refractivity contribution in [2.45, 2.75) is 62.9 Å². The molecule has 0 amide bonds. The van der Waals surface area contributed by atoms with Gasteiger partial charge in [-0.2, -0.15) is 0 Å². The van der Waals surface area contributed by atoms with Crippen molar-refractivity contribution in [3.63, 3.8) is 0 Å². The summed E-state index contributed by atoms with van der Waals surface area (Å²) < 4.78 is 13.4. The van der Waals surface area contributed by atoms with E-state index >= 15 is 0 Å². The summed E-state index contributed by atoms with van der Waals surface area (Å²) in [6.07, 6.45) is 4.77. The smallest absolute Gasteiger partial charge is 0.131 e. The normalized spacial score (nSPS) is 28.4. The van der Waals surface area contributed by atoms with Gasteiger partial charge in [0.1, 0.15) is 12.3 Å². The first-order valence-corrected chi connectivity index (χ1v) is 10.9. The molecule has 154 valence electrons. The molecule has 0 saturated carbocycles. The van der Waals surface area contributed by atoms with E-state index in [0.717, 1.165) is 36.5 Å². The Balaban J connectivity index is 1.53. The maximum Gasteiger partial charge on any atom is 0.131 e. The molecule has 2 fully saturated rings. The zero-order valence-electron chi connectivity index (χ0n) is 17.1. The van der Waals surface area contributed by atoms with Gasteiger partial charge in [0, 0.05) is 24.5 Å². The van der Waals surface area contributed by atoms with Gasteiger partial charge in [-0.05, 0) is 50.4 Å². The van der Waals surface area contributed by atoms with Crippen LogP contribution >= 0.6 is 0 Å². The summed E-state index contributed by atoms with van der Waals surface area (Å²) in [4.78, 5) is 9.77. The highest BCUT2D eigenvalue weighted by molar-refractivity contribution is 5.61. The predicted molar refractivity (Wildman–Crippen MR) is 113 cm³/mol. The van der Waals surface area contributed by atoms with Crippen LogP contribution in [-0.2, 0) is 12.3 Å². The van der Waals surface area contributed by atoms with Gasteiger partial charge in [-0.15, -0.1) is 0 Å². The van der Waals surface area contributed by atoms with E-state index in [0.29, 0.717) is 30.2 Å². The van der Waals surface area contributed by atoms with E-state index in [2.05, 4.69) is 9.80 Å². The summed E-state index contributed by atoms with van der Waals surface area (Å²) in [5, 5.41) is 11.4. The lowest BCUT2D eigenvalue weighted by molar-refractivity contribution is 0.0507. The standard InChI is InChI=1S/C24H30FN3O/c1-24(29,17-7-3-2-4-8-17)16-28-20-12-14-27-13-6-5-9-19(27)22(20)23-21(28)11-10-18(15-25)26-23/h2-4,7-8,10-11,19-20,22,29H,5-6,9,12-16H2,1H3. The molecule has 0 spiro atoms. The molecule has 4 atom stereocenters. The molecule has 4 unspecified atom stereocenters. The van der Waals surface area contributed by atoms with Gasteiger partial charge >= 0.3 is 0 Å². The molecule has 1 N–H and O–H groups in total.